The molecule has 5 heteroatoms. The lowest BCUT2D eigenvalue weighted by Gasteiger charge is -2.04. The van der Waals surface area contributed by atoms with Gasteiger partial charge >= 0.3 is 0 Å². The van der Waals surface area contributed by atoms with Gasteiger partial charge in [0.1, 0.15) is 0 Å². The Balaban J connectivity index is 4.15. The summed E-state index contributed by atoms with van der Waals surface area (Å²) >= 11 is 1.76. The van der Waals surface area contributed by atoms with Crippen LogP contribution in [-0.4, -0.2) is 21.7 Å². The van der Waals surface area contributed by atoms with Crippen molar-refractivity contribution in [2.24, 2.45) is 10.8 Å². The van der Waals surface area contributed by atoms with Crippen LogP contribution >= 0.6 is 22.6 Å². The largest absolute Gasteiger partial charge is 0.364 e. The van der Waals surface area contributed by atoms with Crippen molar-refractivity contribution in [3.63, 3.8) is 0 Å². The smallest absolute Gasteiger partial charge is 0.275 e. The first kappa shape index (κ1) is 9.41. The summed E-state index contributed by atoms with van der Waals surface area (Å²) in [6, 6.07) is 0. The molecule has 10 heavy (non-hydrogen) atoms. The molecule has 0 aromatic heterocycles. The van der Waals surface area contributed by atoms with E-state index in [-0.39, 0.29) is 3.72 Å². The van der Waals surface area contributed by atoms with Crippen molar-refractivity contribution in [2.75, 3.05) is 7.05 Å². The predicted molar refractivity (Wildman–Crippen MR) is 48.6 cm³/mol. The van der Waals surface area contributed by atoms with Crippen LogP contribution in [0.3, 0.4) is 0 Å². The number of hydrogen-bond acceptors (Lipinski definition) is 3. The first-order valence-corrected chi connectivity index (χ1v) is 3.55. The zero-order chi connectivity index (χ0) is 8.15. The molecule has 0 saturated carbocycles. The van der Waals surface area contributed by atoms with Crippen molar-refractivity contribution in [3.05, 3.63) is 12.8 Å². The average Bonchev–Trinajstić information content (AvgIpc) is 1.87. The van der Waals surface area contributed by atoms with Crippen molar-refractivity contribution < 1.29 is 4.79 Å². The predicted octanol–water partition coefficient (Wildman–Crippen LogP) is 0.296. The summed E-state index contributed by atoms with van der Waals surface area (Å²) in [4.78, 5) is 10.4. The molecule has 1 amide bonds. The van der Waals surface area contributed by atoms with Crippen LogP contribution in [0.15, 0.2) is 17.9 Å². The molecular weight excluding hydrogens is 245 g/mol. The minimum Gasteiger partial charge on any atom is -0.364 e. The van der Waals surface area contributed by atoms with Crippen molar-refractivity contribution in [2.45, 2.75) is 0 Å². The van der Waals surface area contributed by atoms with E-state index in [4.69, 9.17) is 5.73 Å². The van der Waals surface area contributed by atoms with Crippen LogP contribution in [0.1, 0.15) is 0 Å². The lowest BCUT2D eigenvalue weighted by atomic mass is 10.7. The van der Waals surface area contributed by atoms with Crippen molar-refractivity contribution >= 4 is 32.2 Å². The zero-order valence-electron chi connectivity index (χ0n) is 5.54. The van der Waals surface area contributed by atoms with Gasteiger partial charge in [-0.2, -0.15) is 5.10 Å². The Bertz CT molecular complexity index is 178. The second-order valence-electron chi connectivity index (χ2n) is 1.51. The number of hydrazone groups is 1. The summed E-state index contributed by atoms with van der Waals surface area (Å²) in [5, 5.41) is 5.15. The molecule has 0 spiro atoms. The van der Waals surface area contributed by atoms with Crippen LogP contribution in [0.25, 0.3) is 0 Å². The molecule has 0 heterocycles. The highest BCUT2D eigenvalue weighted by Gasteiger charge is 2.00. The Morgan fingerprint density at radius 2 is 2.40 bits per heavy atom. The number of primary amides is 1. The fourth-order valence-corrected chi connectivity index (χ4v) is 0.569. The van der Waals surface area contributed by atoms with Gasteiger partial charge < -0.3 is 5.73 Å². The minimum absolute atomic E-state index is 0.236. The van der Waals surface area contributed by atoms with Gasteiger partial charge in [-0.1, -0.05) is 6.58 Å². The molecule has 0 bridgehead atoms. The molecule has 0 radical (unpaired) electrons. The fraction of sp³-hybridized carbons (Fsp3) is 0.200. The van der Waals surface area contributed by atoms with Crippen LogP contribution in [-0.2, 0) is 4.79 Å². The molecule has 0 saturated heterocycles. The number of halogens is 1. The summed E-state index contributed by atoms with van der Waals surface area (Å²) in [5.74, 6) is -0.533. The molecule has 0 rings (SSSR count). The molecule has 0 fully saturated rings. The molecule has 2 N–H and O–H groups in total. The third-order valence-electron chi connectivity index (χ3n) is 0.713. The van der Waals surface area contributed by atoms with E-state index in [2.05, 4.69) is 11.7 Å². The summed E-state index contributed by atoms with van der Waals surface area (Å²) in [7, 11) is 1.66. The number of nitrogens with two attached hydrogens (primary N) is 1. The second kappa shape index (κ2) is 4.26. The molecule has 0 aromatic rings. The lowest BCUT2D eigenvalue weighted by molar-refractivity contribution is -0.111. The highest BCUT2D eigenvalue weighted by Crippen LogP contribution is 1.92. The van der Waals surface area contributed by atoms with E-state index in [1.54, 1.807) is 29.6 Å². The second-order valence-corrected chi connectivity index (χ2v) is 2.53. The van der Waals surface area contributed by atoms with E-state index in [1.807, 2.05) is 0 Å². The minimum atomic E-state index is -0.533. The van der Waals surface area contributed by atoms with Gasteiger partial charge in [-0.25, -0.2) is 0 Å². The summed E-state index contributed by atoms with van der Waals surface area (Å²) < 4.78 is 0.236. The van der Waals surface area contributed by atoms with Crippen LogP contribution in [0.2, 0.25) is 0 Å². The number of rotatable bonds is 3. The molecule has 56 valence electrons. The number of carbonyl (C=O) groups excluding carboxylic acids is 1. The Labute approximate surface area is 72.9 Å². The van der Waals surface area contributed by atoms with Crippen LogP contribution in [0, 0.1) is 0 Å². The summed E-state index contributed by atoms with van der Waals surface area (Å²) in [6.45, 7) is 3.44. The first-order valence-electron chi connectivity index (χ1n) is 2.47. The topological polar surface area (TPSA) is 58.7 Å². The molecule has 0 aliphatic carbocycles. The Hall–Kier alpha value is -0.590. The molecule has 0 aliphatic rings. The van der Waals surface area contributed by atoms with E-state index in [1.165, 1.54) is 11.2 Å². The molecule has 0 unspecified atom stereocenters. The molecule has 0 aliphatic heterocycles. The third kappa shape index (κ3) is 3.44. The van der Waals surface area contributed by atoms with Crippen molar-refractivity contribution in [1.29, 1.82) is 0 Å². The molecular formula is C5H8IN3O. The van der Waals surface area contributed by atoms with E-state index in [0.29, 0.717) is 0 Å². The van der Waals surface area contributed by atoms with Crippen molar-refractivity contribution in [3.8, 4) is 0 Å². The van der Waals surface area contributed by atoms with E-state index in [0.717, 1.165) is 0 Å². The molecule has 0 atom stereocenters. The van der Waals surface area contributed by atoms with E-state index >= 15 is 0 Å². The number of hydrogen-bond donors (Lipinski definition) is 1. The number of carbonyl (C=O) groups is 1. The highest BCUT2D eigenvalue weighted by molar-refractivity contribution is 14.1. The van der Waals surface area contributed by atoms with Gasteiger partial charge in [0.25, 0.3) is 5.91 Å². The van der Waals surface area contributed by atoms with Gasteiger partial charge in [0, 0.05) is 13.2 Å². The Kier molecular flexibility index (Phi) is 4.01. The van der Waals surface area contributed by atoms with E-state index < -0.39 is 5.91 Å². The van der Waals surface area contributed by atoms with E-state index in [9.17, 15) is 4.79 Å². The maximum atomic E-state index is 10.4. The normalized spacial score (nSPS) is 10.8. The summed E-state index contributed by atoms with van der Waals surface area (Å²) in [6.07, 6.45) is 1.47. The quantitative estimate of drug-likeness (QED) is 0.446. The van der Waals surface area contributed by atoms with Crippen molar-refractivity contribution in [1.82, 2.24) is 5.01 Å². The maximum Gasteiger partial charge on any atom is 0.275 e. The fourth-order valence-electron chi connectivity index (χ4n) is 0.229. The van der Waals surface area contributed by atoms with Crippen LogP contribution < -0.4 is 5.73 Å². The average molecular weight is 253 g/mol. The molecule has 4 nitrogen and oxygen atoms in total. The molecule has 0 aromatic carbocycles. The van der Waals surface area contributed by atoms with Crippen LogP contribution in [0.5, 0.6) is 0 Å². The SMILES string of the molecule is C=CN(C)/N=C(\I)C(N)=O. The van der Waals surface area contributed by atoms with Gasteiger partial charge in [-0.15, -0.1) is 0 Å². The lowest BCUT2D eigenvalue weighted by Crippen LogP contribution is -2.20. The van der Waals surface area contributed by atoms with Gasteiger partial charge in [0.05, 0.1) is 0 Å². The van der Waals surface area contributed by atoms with Gasteiger partial charge in [-0.3, -0.25) is 9.80 Å². The Morgan fingerprint density at radius 3 is 2.70 bits per heavy atom. The zero-order valence-corrected chi connectivity index (χ0v) is 7.70. The monoisotopic (exact) mass is 253 g/mol. The Morgan fingerprint density at radius 1 is 1.90 bits per heavy atom. The third-order valence-corrected chi connectivity index (χ3v) is 1.46. The van der Waals surface area contributed by atoms with Gasteiger partial charge in [0.2, 0.25) is 0 Å². The highest BCUT2D eigenvalue weighted by atomic mass is 127. The van der Waals surface area contributed by atoms with Gasteiger partial charge in [-0.05, 0) is 22.6 Å². The standard InChI is InChI=1S/C5H8IN3O/c1-3-9(2)8-4(6)5(7)10/h3H,1H2,2H3,(H2,7,10)/b8-4-. The maximum absolute atomic E-state index is 10.4. The summed E-state index contributed by atoms with van der Waals surface area (Å²) in [5.41, 5.74) is 4.90. The number of nitrogens with zero attached hydrogens (tertiary/aromatic N) is 2. The van der Waals surface area contributed by atoms with Gasteiger partial charge in [0.15, 0.2) is 3.72 Å². The first-order chi connectivity index (χ1) is 4.57. The number of amides is 1. The van der Waals surface area contributed by atoms with Crippen LogP contribution in [0.4, 0.5) is 0 Å².